The van der Waals surface area contributed by atoms with Crippen molar-refractivity contribution in [2.45, 2.75) is 24.9 Å². The summed E-state index contributed by atoms with van der Waals surface area (Å²) >= 11 is 0. The second-order valence-electron chi connectivity index (χ2n) is 5.35. The first-order chi connectivity index (χ1) is 7.90. The van der Waals surface area contributed by atoms with Gasteiger partial charge in [0.2, 0.25) is 0 Å². The first-order valence-corrected chi connectivity index (χ1v) is 6.13. The average Bonchev–Trinajstić information content (AvgIpc) is 2.83. The Balaban J connectivity index is 1.64. The molecule has 3 fully saturated rings. The van der Waals surface area contributed by atoms with Gasteiger partial charge in [-0.15, -0.1) is 0 Å². The standard InChI is InChI=1S/C14H14N2/c15-8-10-6-9-7-12(10)14-13(9)16(14)11-4-2-1-3-5-11/h1-5,9-10,12-14H,6-7H2. The summed E-state index contributed by atoms with van der Waals surface area (Å²) in [6.07, 6.45) is 2.45. The number of fused-ring (bicyclic) bond motifs is 5. The molecule has 2 heteroatoms. The van der Waals surface area contributed by atoms with Crippen molar-refractivity contribution < 1.29 is 0 Å². The first-order valence-electron chi connectivity index (χ1n) is 6.13. The summed E-state index contributed by atoms with van der Waals surface area (Å²) in [5, 5.41) is 9.11. The molecule has 1 heterocycles. The largest absolute Gasteiger partial charge is 0.361 e. The predicted octanol–water partition coefficient (Wildman–Crippen LogP) is 2.42. The van der Waals surface area contributed by atoms with E-state index in [1.807, 2.05) is 0 Å². The van der Waals surface area contributed by atoms with Gasteiger partial charge in [0.15, 0.2) is 0 Å². The van der Waals surface area contributed by atoms with Crippen LogP contribution in [0.4, 0.5) is 5.69 Å². The first kappa shape index (κ1) is 8.64. The van der Waals surface area contributed by atoms with Crippen LogP contribution in [0.25, 0.3) is 0 Å². The molecule has 0 N–H and O–H groups in total. The molecule has 3 aliphatic rings. The molecule has 0 spiro atoms. The van der Waals surface area contributed by atoms with Crippen molar-refractivity contribution in [2.75, 3.05) is 4.90 Å². The molecule has 16 heavy (non-hydrogen) atoms. The number of rotatable bonds is 1. The fraction of sp³-hybridized carbons (Fsp3) is 0.500. The Morgan fingerprint density at radius 3 is 2.69 bits per heavy atom. The summed E-state index contributed by atoms with van der Waals surface area (Å²) in [5.74, 6) is 1.78. The van der Waals surface area contributed by atoms with Gasteiger partial charge in [-0.25, -0.2) is 0 Å². The lowest BCUT2D eigenvalue weighted by Gasteiger charge is -2.14. The number of nitriles is 1. The summed E-state index contributed by atoms with van der Waals surface area (Å²) in [6.45, 7) is 0. The van der Waals surface area contributed by atoms with Gasteiger partial charge < -0.3 is 4.90 Å². The van der Waals surface area contributed by atoms with Crippen LogP contribution in [0.3, 0.4) is 0 Å². The molecule has 5 unspecified atom stereocenters. The highest BCUT2D eigenvalue weighted by Gasteiger charge is 2.66. The molecule has 1 saturated heterocycles. The molecule has 2 saturated carbocycles. The summed E-state index contributed by atoms with van der Waals surface area (Å²) in [7, 11) is 0. The molecule has 2 bridgehead atoms. The molecule has 0 aromatic heterocycles. The molecular formula is C14H14N2. The van der Waals surface area contributed by atoms with Gasteiger partial charge in [0.1, 0.15) is 0 Å². The maximum atomic E-state index is 9.11. The monoisotopic (exact) mass is 210 g/mol. The lowest BCUT2D eigenvalue weighted by atomic mass is 9.90. The third-order valence-electron chi connectivity index (χ3n) is 4.69. The number of para-hydroxylation sites is 1. The van der Waals surface area contributed by atoms with Gasteiger partial charge in [0, 0.05) is 5.69 Å². The summed E-state index contributed by atoms with van der Waals surface area (Å²) in [6, 6.07) is 14.6. The van der Waals surface area contributed by atoms with Crippen molar-refractivity contribution in [3.63, 3.8) is 0 Å². The van der Waals surface area contributed by atoms with Gasteiger partial charge in [-0.3, -0.25) is 0 Å². The van der Waals surface area contributed by atoms with Crippen molar-refractivity contribution >= 4 is 5.69 Å². The van der Waals surface area contributed by atoms with E-state index in [1.54, 1.807) is 0 Å². The molecule has 2 nitrogen and oxygen atoms in total. The number of benzene rings is 1. The number of hydrogen-bond donors (Lipinski definition) is 0. The van der Waals surface area contributed by atoms with E-state index in [2.05, 4.69) is 41.3 Å². The zero-order valence-corrected chi connectivity index (χ0v) is 9.08. The molecule has 1 aliphatic heterocycles. The number of piperidine rings is 1. The van der Waals surface area contributed by atoms with Crippen LogP contribution in [0.5, 0.6) is 0 Å². The lowest BCUT2D eigenvalue weighted by Crippen LogP contribution is -2.16. The smallest absolute Gasteiger partial charge is 0.0659 e. The van der Waals surface area contributed by atoms with Gasteiger partial charge in [-0.2, -0.15) is 5.26 Å². The highest BCUT2D eigenvalue weighted by atomic mass is 15.4. The Morgan fingerprint density at radius 2 is 1.94 bits per heavy atom. The van der Waals surface area contributed by atoms with Crippen molar-refractivity contribution in [2.24, 2.45) is 17.8 Å². The highest BCUT2D eigenvalue weighted by molar-refractivity contribution is 5.59. The SMILES string of the molecule is N#CC1CC2CC1C1C2N1c1ccccc1. The molecule has 80 valence electrons. The molecule has 0 amide bonds. The number of nitrogens with zero attached hydrogens (tertiary/aromatic N) is 2. The van der Waals surface area contributed by atoms with Crippen LogP contribution in [-0.4, -0.2) is 12.1 Å². The van der Waals surface area contributed by atoms with Gasteiger partial charge in [-0.05, 0) is 36.8 Å². The maximum absolute atomic E-state index is 9.11. The molecule has 2 aliphatic carbocycles. The van der Waals surface area contributed by atoms with E-state index in [0.29, 0.717) is 17.9 Å². The molecule has 0 radical (unpaired) electrons. The Morgan fingerprint density at radius 1 is 1.12 bits per heavy atom. The molecule has 1 aromatic carbocycles. The van der Waals surface area contributed by atoms with Crippen LogP contribution >= 0.6 is 0 Å². The average molecular weight is 210 g/mol. The minimum absolute atomic E-state index is 0.333. The highest BCUT2D eigenvalue weighted by Crippen LogP contribution is 2.61. The quantitative estimate of drug-likeness (QED) is 0.665. The van der Waals surface area contributed by atoms with Crippen LogP contribution in [0.2, 0.25) is 0 Å². The van der Waals surface area contributed by atoms with E-state index in [0.717, 1.165) is 18.4 Å². The molecular weight excluding hydrogens is 196 g/mol. The van der Waals surface area contributed by atoms with E-state index >= 15 is 0 Å². The summed E-state index contributed by atoms with van der Waals surface area (Å²) in [4.78, 5) is 2.54. The van der Waals surface area contributed by atoms with Gasteiger partial charge in [0.25, 0.3) is 0 Å². The molecule has 4 rings (SSSR count). The Hall–Kier alpha value is -1.49. The van der Waals surface area contributed by atoms with Gasteiger partial charge in [-0.1, -0.05) is 18.2 Å². The predicted molar refractivity (Wildman–Crippen MR) is 61.8 cm³/mol. The van der Waals surface area contributed by atoms with Crippen molar-refractivity contribution in [1.29, 1.82) is 5.26 Å². The third-order valence-corrected chi connectivity index (χ3v) is 4.69. The number of anilines is 1. The normalized spacial score (nSPS) is 42.9. The van der Waals surface area contributed by atoms with Crippen LogP contribution in [0.1, 0.15) is 12.8 Å². The topological polar surface area (TPSA) is 26.8 Å². The zero-order chi connectivity index (χ0) is 10.7. The van der Waals surface area contributed by atoms with E-state index < -0.39 is 0 Å². The summed E-state index contributed by atoms with van der Waals surface area (Å²) in [5.41, 5.74) is 1.35. The van der Waals surface area contributed by atoms with Crippen molar-refractivity contribution in [1.82, 2.24) is 0 Å². The van der Waals surface area contributed by atoms with Crippen LogP contribution in [0, 0.1) is 29.1 Å². The fourth-order valence-electron chi connectivity index (χ4n) is 4.09. The Bertz CT molecular complexity index is 461. The third kappa shape index (κ3) is 0.917. The minimum Gasteiger partial charge on any atom is -0.361 e. The minimum atomic E-state index is 0.333. The van der Waals surface area contributed by atoms with E-state index in [1.165, 1.54) is 12.1 Å². The molecule has 5 atom stereocenters. The van der Waals surface area contributed by atoms with Gasteiger partial charge in [0.05, 0.1) is 24.1 Å². The molecule has 1 aromatic rings. The maximum Gasteiger partial charge on any atom is 0.0659 e. The van der Waals surface area contributed by atoms with Crippen molar-refractivity contribution in [3.8, 4) is 6.07 Å². The Labute approximate surface area is 95.5 Å². The second-order valence-corrected chi connectivity index (χ2v) is 5.35. The summed E-state index contributed by atoms with van der Waals surface area (Å²) < 4.78 is 0. The number of hydrogen-bond acceptors (Lipinski definition) is 2. The lowest BCUT2D eigenvalue weighted by molar-refractivity contribution is 0.449. The van der Waals surface area contributed by atoms with E-state index in [-0.39, 0.29) is 0 Å². The van der Waals surface area contributed by atoms with E-state index in [4.69, 9.17) is 5.26 Å². The van der Waals surface area contributed by atoms with Crippen molar-refractivity contribution in [3.05, 3.63) is 30.3 Å². The van der Waals surface area contributed by atoms with Crippen LogP contribution in [0.15, 0.2) is 30.3 Å². The van der Waals surface area contributed by atoms with Crippen LogP contribution in [-0.2, 0) is 0 Å². The zero-order valence-electron chi connectivity index (χ0n) is 9.08. The van der Waals surface area contributed by atoms with E-state index in [9.17, 15) is 0 Å². The Kier molecular flexibility index (Phi) is 1.51. The second kappa shape index (κ2) is 2.79. The fourth-order valence-corrected chi connectivity index (χ4v) is 4.09. The van der Waals surface area contributed by atoms with Gasteiger partial charge >= 0.3 is 0 Å². The van der Waals surface area contributed by atoms with Crippen LogP contribution < -0.4 is 4.90 Å².